The van der Waals surface area contributed by atoms with Crippen molar-refractivity contribution in [3.63, 3.8) is 0 Å². The Balaban J connectivity index is 4.57. The first-order valence-electron chi connectivity index (χ1n) is 6.29. The molecule has 0 radical (unpaired) electrons. The van der Waals surface area contributed by atoms with Gasteiger partial charge in [0.1, 0.15) is 0 Å². The number of carbonyl (C=O) groups is 1. The van der Waals surface area contributed by atoms with Crippen LogP contribution in [0, 0.1) is 5.92 Å². The smallest absolute Gasteiger partial charge is 0.314 e. The van der Waals surface area contributed by atoms with Gasteiger partial charge in [-0.3, -0.25) is 10.2 Å². The minimum atomic E-state index is -0.321. The van der Waals surface area contributed by atoms with E-state index in [1.165, 1.54) is 0 Å². The number of nitrogens with one attached hydrogen (secondary N) is 1. The number of hydrogen-bond acceptors (Lipinski definition) is 4. The topological polar surface area (TPSA) is 76.7 Å². The summed E-state index contributed by atoms with van der Waals surface area (Å²) in [5.74, 6) is -0.557. The maximum atomic E-state index is 11.8. The summed E-state index contributed by atoms with van der Waals surface area (Å²) in [6.07, 6.45) is 3.91. The van der Waals surface area contributed by atoms with Crippen molar-refractivity contribution in [2.75, 3.05) is 6.61 Å². The Morgan fingerprint density at radius 1 is 1.44 bits per heavy atom. The van der Waals surface area contributed by atoms with Gasteiger partial charge in [0.2, 0.25) is 0 Å². The van der Waals surface area contributed by atoms with E-state index in [-0.39, 0.29) is 17.0 Å². The van der Waals surface area contributed by atoms with Crippen LogP contribution in [0.15, 0.2) is 5.10 Å². The van der Waals surface area contributed by atoms with Crippen LogP contribution in [0.2, 0.25) is 0 Å². The third-order valence-electron chi connectivity index (χ3n) is 2.51. The molecule has 3 N–H and O–H groups in total. The van der Waals surface area contributed by atoms with E-state index in [2.05, 4.69) is 29.7 Å². The van der Waals surface area contributed by atoms with Gasteiger partial charge in [-0.2, -0.15) is 5.10 Å². The molecule has 0 amide bonds. The number of carbonyl (C=O) groups excluding carboxylic acids is 1. The molecule has 6 heteroatoms. The molecule has 0 aliphatic heterocycles. The molecule has 0 aliphatic carbocycles. The van der Waals surface area contributed by atoms with E-state index in [0.29, 0.717) is 12.3 Å². The molecule has 0 saturated carbocycles. The Labute approximate surface area is 114 Å². The van der Waals surface area contributed by atoms with Crippen LogP contribution < -0.4 is 11.2 Å². The Bertz CT molecular complexity index is 306. The highest BCUT2D eigenvalue weighted by Gasteiger charge is 2.22. The summed E-state index contributed by atoms with van der Waals surface area (Å²) < 4.78 is 5.05. The van der Waals surface area contributed by atoms with Gasteiger partial charge in [-0.1, -0.05) is 26.2 Å². The second kappa shape index (κ2) is 9.82. The first-order valence-corrected chi connectivity index (χ1v) is 6.69. The molecule has 104 valence electrons. The lowest BCUT2D eigenvalue weighted by Gasteiger charge is -2.15. The monoisotopic (exact) mass is 273 g/mol. The summed E-state index contributed by atoms with van der Waals surface area (Å²) in [6, 6.07) is 0. The molecule has 0 spiro atoms. The van der Waals surface area contributed by atoms with Crippen LogP contribution in [0.1, 0.15) is 46.5 Å². The molecule has 0 aromatic carbocycles. The number of unbranched alkanes of at least 4 members (excludes halogenated alkanes) is 2. The normalized spacial score (nSPS) is 12.9. The van der Waals surface area contributed by atoms with Crippen LogP contribution in [-0.2, 0) is 9.53 Å². The summed E-state index contributed by atoms with van der Waals surface area (Å²) >= 11 is 4.67. The van der Waals surface area contributed by atoms with Crippen molar-refractivity contribution in [1.29, 1.82) is 0 Å². The van der Waals surface area contributed by atoms with Crippen LogP contribution in [0.25, 0.3) is 0 Å². The van der Waals surface area contributed by atoms with E-state index in [4.69, 9.17) is 10.5 Å². The van der Waals surface area contributed by atoms with E-state index in [1.54, 1.807) is 13.8 Å². The Morgan fingerprint density at radius 2 is 2.11 bits per heavy atom. The lowest BCUT2D eigenvalue weighted by Crippen LogP contribution is -2.30. The van der Waals surface area contributed by atoms with Gasteiger partial charge < -0.3 is 10.5 Å². The largest absolute Gasteiger partial charge is 0.465 e. The molecule has 0 bridgehead atoms. The number of nitrogens with two attached hydrogens (primary N) is 1. The fourth-order valence-electron chi connectivity index (χ4n) is 1.56. The van der Waals surface area contributed by atoms with Crippen molar-refractivity contribution in [3.05, 3.63) is 0 Å². The standard InChI is InChI=1S/C12H23N3O2S/c1-4-6-7-8-10(11(16)17-5-2)9(3)14-15-12(13)18/h10H,4-8H2,1-3H3,(H3,13,15,18)/b14-9-. The van der Waals surface area contributed by atoms with Gasteiger partial charge in [0.05, 0.1) is 12.5 Å². The second-order valence-corrected chi connectivity index (χ2v) is 4.47. The highest BCUT2D eigenvalue weighted by atomic mass is 32.1. The van der Waals surface area contributed by atoms with Gasteiger partial charge in [-0.15, -0.1) is 0 Å². The van der Waals surface area contributed by atoms with E-state index in [1.807, 2.05) is 0 Å². The van der Waals surface area contributed by atoms with Crippen LogP contribution in [0.4, 0.5) is 0 Å². The number of hydrogen-bond donors (Lipinski definition) is 2. The van der Waals surface area contributed by atoms with Crippen molar-refractivity contribution in [1.82, 2.24) is 5.43 Å². The number of thiocarbonyl (C=S) groups is 1. The SMILES string of the molecule is CCCCCC(C(=O)OCC)/C(C)=N\NC(N)=S. The van der Waals surface area contributed by atoms with Crippen LogP contribution in [0.5, 0.6) is 0 Å². The third-order valence-corrected chi connectivity index (χ3v) is 2.61. The van der Waals surface area contributed by atoms with Crippen molar-refractivity contribution < 1.29 is 9.53 Å². The molecular formula is C12H23N3O2S. The number of rotatable bonds is 8. The molecular weight excluding hydrogens is 250 g/mol. The zero-order chi connectivity index (χ0) is 14.0. The fraction of sp³-hybridized carbons (Fsp3) is 0.750. The number of ether oxygens (including phenoxy) is 1. The maximum absolute atomic E-state index is 11.8. The molecule has 5 nitrogen and oxygen atoms in total. The van der Waals surface area contributed by atoms with Crippen LogP contribution >= 0.6 is 12.2 Å². The number of nitrogens with zero attached hydrogens (tertiary/aromatic N) is 1. The van der Waals surface area contributed by atoms with Gasteiger partial charge >= 0.3 is 5.97 Å². The molecule has 1 unspecified atom stereocenters. The zero-order valence-electron chi connectivity index (χ0n) is 11.4. The predicted molar refractivity (Wildman–Crippen MR) is 77.3 cm³/mol. The molecule has 1 atom stereocenters. The Hall–Kier alpha value is -1.17. The molecule has 18 heavy (non-hydrogen) atoms. The molecule has 0 rings (SSSR count). The second-order valence-electron chi connectivity index (χ2n) is 4.03. The lowest BCUT2D eigenvalue weighted by atomic mass is 9.97. The van der Waals surface area contributed by atoms with E-state index in [0.717, 1.165) is 25.7 Å². The number of hydrazone groups is 1. The molecule has 0 saturated heterocycles. The van der Waals surface area contributed by atoms with Crippen molar-refractivity contribution in [2.45, 2.75) is 46.5 Å². The van der Waals surface area contributed by atoms with E-state index >= 15 is 0 Å². The fourth-order valence-corrected chi connectivity index (χ4v) is 1.61. The highest BCUT2D eigenvalue weighted by molar-refractivity contribution is 7.80. The Kier molecular flexibility index (Phi) is 9.18. The lowest BCUT2D eigenvalue weighted by molar-refractivity contribution is -0.145. The first-order chi connectivity index (χ1) is 8.52. The molecule has 0 heterocycles. The van der Waals surface area contributed by atoms with E-state index in [9.17, 15) is 4.79 Å². The Morgan fingerprint density at radius 3 is 2.61 bits per heavy atom. The van der Waals surface area contributed by atoms with Gasteiger partial charge in [0, 0.05) is 5.71 Å². The summed E-state index contributed by atoms with van der Waals surface area (Å²) in [4.78, 5) is 11.8. The average molecular weight is 273 g/mol. The molecule has 0 fully saturated rings. The quantitative estimate of drug-likeness (QED) is 0.232. The van der Waals surface area contributed by atoms with Crippen LogP contribution in [0.3, 0.4) is 0 Å². The molecule has 0 aromatic heterocycles. The average Bonchev–Trinajstić information content (AvgIpc) is 2.32. The summed E-state index contributed by atoms with van der Waals surface area (Å²) in [5, 5.41) is 4.09. The maximum Gasteiger partial charge on any atom is 0.314 e. The minimum Gasteiger partial charge on any atom is -0.465 e. The molecule has 0 aliphatic rings. The third kappa shape index (κ3) is 7.21. The highest BCUT2D eigenvalue weighted by Crippen LogP contribution is 2.14. The van der Waals surface area contributed by atoms with Crippen molar-refractivity contribution in [3.8, 4) is 0 Å². The van der Waals surface area contributed by atoms with Crippen LogP contribution in [-0.4, -0.2) is 23.4 Å². The van der Waals surface area contributed by atoms with E-state index < -0.39 is 0 Å². The van der Waals surface area contributed by atoms with Gasteiger partial charge in [-0.05, 0) is 32.5 Å². The van der Waals surface area contributed by atoms with Crippen molar-refractivity contribution >= 4 is 29.0 Å². The van der Waals surface area contributed by atoms with Gasteiger partial charge in [0.25, 0.3) is 0 Å². The first kappa shape index (κ1) is 16.8. The minimum absolute atomic E-state index is 0.0884. The van der Waals surface area contributed by atoms with Gasteiger partial charge in [0.15, 0.2) is 5.11 Å². The summed E-state index contributed by atoms with van der Waals surface area (Å²) in [5.41, 5.74) is 8.45. The molecule has 0 aromatic rings. The van der Waals surface area contributed by atoms with Gasteiger partial charge in [-0.25, -0.2) is 0 Å². The zero-order valence-corrected chi connectivity index (χ0v) is 12.2. The van der Waals surface area contributed by atoms with Crippen molar-refractivity contribution in [2.24, 2.45) is 16.8 Å². The number of esters is 1. The summed E-state index contributed by atoms with van der Waals surface area (Å²) in [7, 11) is 0. The predicted octanol–water partition coefficient (Wildman–Crippen LogP) is 1.96. The summed E-state index contributed by atoms with van der Waals surface area (Å²) in [6.45, 7) is 6.06.